The van der Waals surface area contributed by atoms with E-state index < -0.39 is 0 Å². The van der Waals surface area contributed by atoms with E-state index in [1.165, 1.54) is 24.0 Å². The molecular weight excluding hydrogens is 234 g/mol. The van der Waals surface area contributed by atoms with E-state index in [2.05, 4.69) is 45.0 Å². The zero-order valence-corrected chi connectivity index (χ0v) is 12.5. The van der Waals surface area contributed by atoms with Crippen LogP contribution in [0.15, 0.2) is 24.3 Å². The van der Waals surface area contributed by atoms with Crippen LogP contribution in [0, 0.1) is 0 Å². The number of nitrogens with two attached hydrogens (primary N) is 1. The standard InChI is InChI=1S/C17H27NO/c1-17(2,3)14-9-7-13(8-10-14)12-15(18)16-6-4-5-11-19-16/h7-10,15-16H,4-6,11-12,18H2,1-3H3. The van der Waals surface area contributed by atoms with Gasteiger partial charge in [-0.2, -0.15) is 0 Å². The number of benzene rings is 1. The molecule has 1 fully saturated rings. The number of rotatable bonds is 3. The summed E-state index contributed by atoms with van der Waals surface area (Å²) < 4.78 is 5.76. The van der Waals surface area contributed by atoms with Crippen LogP contribution in [0.1, 0.15) is 51.2 Å². The van der Waals surface area contributed by atoms with Gasteiger partial charge in [0.1, 0.15) is 0 Å². The molecule has 2 rings (SSSR count). The summed E-state index contributed by atoms with van der Waals surface area (Å²) in [6, 6.07) is 9.00. The first-order chi connectivity index (χ1) is 8.97. The maximum Gasteiger partial charge on any atom is 0.0729 e. The highest BCUT2D eigenvalue weighted by molar-refractivity contribution is 5.28. The van der Waals surface area contributed by atoms with Crippen LogP contribution in [0.4, 0.5) is 0 Å². The van der Waals surface area contributed by atoms with Gasteiger partial charge in [-0.25, -0.2) is 0 Å². The minimum atomic E-state index is 0.126. The molecule has 1 aliphatic heterocycles. The molecular formula is C17H27NO. The van der Waals surface area contributed by atoms with Crippen LogP contribution in [-0.4, -0.2) is 18.8 Å². The molecule has 2 nitrogen and oxygen atoms in total. The summed E-state index contributed by atoms with van der Waals surface area (Å²) >= 11 is 0. The molecule has 2 heteroatoms. The first kappa shape index (κ1) is 14.5. The van der Waals surface area contributed by atoms with Crippen LogP contribution in [-0.2, 0) is 16.6 Å². The van der Waals surface area contributed by atoms with Crippen LogP contribution in [0.25, 0.3) is 0 Å². The molecule has 2 N–H and O–H groups in total. The van der Waals surface area contributed by atoms with Crippen molar-refractivity contribution in [2.24, 2.45) is 5.73 Å². The van der Waals surface area contributed by atoms with Gasteiger partial charge in [0, 0.05) is 12.6 Å². The molecule has 0 aromatic heterocycles. The summed E-state index contributed by atoms with van der Waals surface area (Å²) in [5.41, 5.74) is 9.18. The Morgan fingerprint density at radius 2 is 1.89 bits per heavy atom. The monoisotopic (exact) mass is 261 g/mol. The third kappa shape index (κ3) is 4.05. The minimum Gasteiger partial charge on any atom is -0.377 e. The minimum absolute atomic E-state index is 0.126. The largest absolute Gasteiger partial charge is 0.377 e. The summed E-state index contributed by atoms with van der Waals surface area (Å²) in [7, 11) is 0. The fraction of sp³-hybridized carbons (Fsp3) is 0.647. The second-order valence-corrected chi connectivity index (χ2v) is 6.72. The molecule has 0 saturated carbocycles. The third-order valence-corrected chi connectivity index (χ3v) is 3.98. The van der Waals surface area contributed by atoms with Crippen LogP contribution in [0.5, 0.6) is 0 Å². The fourth-order valence-electron chi connectivity index (χ4n) is 2.65. The van der Waals surface area contributed by atoms with Crippen molar-refractivity contribution in [3.05, 3.63) is 35.4 Å². The average molecular weight is 261 g/mol. The lowest BCUT2D eigenvalue weighted by Gasteiger charge is -2.28. The second-order valence-electron chi connectivity index (χ2n) is 6.72. The van der Waals surface area contributed by atoms with Crippen molar-refractivity contribution in [2.75, 3.05) is 6.61 Å². The lowest BCUT2D eigenvalue weighted by molar-refractivity contribution is 0.000634. The van der Waals surface area contributed by atoms with Crippen LogP contribution >= 0.6 is 0 Å². The Morgan fingerprint density at radius 3 is 2.42 bits per heavy atom. The van der Waals surface area contributed by atoms with Gasteiger partial charge in [-0.3, -0.25) is 0 Å². The zero-order chi connectivity index (χ0) is 13.9. The van der Waals surface area contributed by atoms with Gasteiger partial charge in [0.05, 0.1) is 6.10 Å². The van der Waals surface area contributed by atoms with E-state index in [0.717, 1.165) is 19.4 Å². The molecule has 1 saturated heterocycles. The van der Waals surface area contributed by atoms with E-state index in [1.54, 1.807) is 0 Å². The maximum atomic E-state index is 6.28. The molecule has 2 atom stereocenters. The third-order valence-electron chi connectivity index (χ3n) is 3.98. The highest BCUT2D eigenvalue weighted by Crippen LogP contribution is 2.23. The van der Waals surface area contributed by atoms with E-state index in [1.807, 2.05) is 0 Å². The molecule has 1 aliphatic rings. The number of hydrogen-bond acceptors (Lipinski definition) is 2. The number of ether oxygens (including phenoxy) is 1. The van der Waals surface area contributed by atoms with Gasteiger partial charge >= 0.3 is 0 Å². The van der Waals surface area contributed by atoms with Crippen molar-refractivity contribution < 1.29 is 4.74 Å². The topological polar surface area (TPSA) is 35.2 Å². The molecule has 0 radical (unpaired) electrons. The Bertz CT molecular complexity index is 385. The van der Waals surface area contributed by atoms with Crippen molar-refractivity contribution >= 4 is 0 Å². The first-order valence-corrected chi connectivity index (χ1v) is 7.43. The van der Waals surface area contributed by atoms with Gasteiger partial charge < -0.3 is 10.5 Å². The molecule has 19 heavy (non-hydrogen) atoms. The zero-order valence-electron chi connectivity index (χ0n) is 12.5. The summed E-state index contributed by atoms with van der Waals surface area (Å²) in [5, 5.41) is 0. The maximum absolute atomic E-state index is 6.28. The van der Waals surface area contributed by atoms with Crippen molar-refractivity contribution in [3.63, 3.8) is 0 Å². The normalized spacial score (nSPS) is 22.2. The highest BCUT2D eigenvalue weighted by atomic mass is 16.5. The van der Waals surface area contributed by atoms with Gasteiger partial charge in [0.25, 0.3) is 0 Å². The van der Waals surface area contributed by atoms with E-state index in [0.29, 0.717) is 0 Å². The summed E-state index contributed by atoms with van der Waals surface area (Å²) in [6.45, 7) is 7.60. The average Bonchev–Trinajstić information content (AvgIpc) is 2.39. The first-order valence-electron chi connectivity index (χ1n) is 7.43. The van der Waals surface area contributed by atoms with Gasteiger partial charge in [-0.15, -0.1) is 0 Å². The summed E-state index contributed by atoms with van der Waals surface area (Å²) in [4.78, 5) is 0. The SMILES string of the molecule is CC(C)(C)c1ccc(CC(N)C2CCCCO2)cc1. The summed E-state index contributed by atoms with van der Waals surface area (Å²) in [6.07, 6.45) is 4.71. The molecule has 0 amide bonds. The molecule has 1 aromatic rings. The van der Waals surface area contributed by atoms with Crippen molar-refractivity contribution in [2.45, 2.75) is 64.0 Å². The highest BCUT2D eigenvalue weighted by Gasteiger charge is 2.21. The lowest BCUT2D eigenvalue weighted by Crippen LogP contribution is -2.40. The molecule has 0 aliphatic carbocycles. The fourth-order valence-corrected chi connectivity index (χ4v) is 2.65. The lowest BCUT2D eigenvalue weighted by atomic mass is 9.86. The Hall–Kier alpha value is -0.860. The predicted octanol–water partition coefficient (Wildman–Crippen LogP) is 3.42. The smallest absolute Gasteiger partial charge is 0.0729 e. The quantitative estimate of drug-likeness (QED) is 0.905. The number of hydrogen-bond donors (Lipinski definition) is 1. The molecule has 1 aromatic carbocycles. The molecule has 2 unspecified atom stereocenters. The van der Waals surface area contributed by atoms with Crippen LogP contribution in [0.3, 0.4) is 0 Å². The Balaban J connectivity index is 1.95. The Kier molecular flexibility index (Phi) is 4.64. The van der Waals surface area contributed by atoms with Gasteiger partial charge in [-0.05, 0) is 42.2 Å². The van der Waals surface area contributed by atoms with Crippen molar-refractivity contribution in [1.29, 1.82) is 0 Å². The van der Waals surface area contributed by atoms with E-state index in [4.69, 9.17) is 10.5 Å². The van der Waals surface area contributed by atoms with E-state index in [9.17, 15) is 0 Å². The van der Waals surface area contributed by atoms with E-state index in [-0.39, 0.29) is 17.6 Å². The second kappa shape index (κ2) is 6.06. The van der Waals surface area contributed by atoms with Crippen molar-refractivity contribution in [1.82, 2.24) is 0 Å². The van der Waals surface area contributed by atoms with Gasteiger partial charge in [0.2, 0.25) is 0 Å². The van der Waals surface area contributed by atoms with E-state index >= 15 is 0 Å². The van der Waals surface area contributed by atoms with Crippen molar-refractivity contribution in [3.8, 4) is 0 Å². The van der Waals surface area contributed by atoms with Crippen LogP contribution < -0.4 is 5.73 Å². The predicted molar refractivity (Wildman–Crippen MR) is 80.4 cm³/mol. The Labute approximate surface area is 117 Å². The van der Waals surface area contributed by atoms with Crippen LogP contribution in [0.2, 0.25) is 0 Å². The van der Waals surface area contributed by atoms with Gasteiger partial charge in [0.15, 0.2) is 0 Å². The molecule has 106 valence electrons. The van der Waals surface area contributed by atoms with Gasteiger partial charge in [-0.1, -0.05) is 45.0 Å². The molecule has 0 spiro atoms. The molecule has 1 heterocycles. The summed E-state index contributed by atoms with van der Waals surface area (Å²) in [5.74, 6) is 0. The molecule has 0 bridgehead atoms. The Morgan fingerprint density at radius 1 is 1.21 bits per heavy atom.